The Labute approximate surface area is 119 Å². The number of carbonyl (C=O) groups excluding carboxylic acids is 2. The molecule has 1 aromatic rings. The van der Waals surface area contributed by atoms with E-state index in [4.69, 9.17) is 0 Å². The summed E-state index contributed by atoms with van der Waals surface area (Å²) in [5.74, 6) is 0.128. The molecular weight excluding hydrogens is 258 g/mol. The van der Waals surface area contributed by atoms with Gasteiger partial charge in [0.15, 0.2) is 5.82 Å². The van der Waals surface area contributed by atoms with Gasteiger partial charge in [0.25, 0.3) is 0 Å². The molecule has 112 valence electrons. The third kappa shape index (κ3) is 5.86. The number of likely N-dealkylation sites (N-methyl/N-ethyl adjacent to an activating group) is 1. The van der Waals surface area contributed by atoms with E-state index >= 15 is 0 Å². The molecule has 0 saturated heterocycles. The second-order valence-corrected chi connectivity index (χ2v) is 4.65. The third-order valence-electron chi connectivity index (χ3n) is 3.02. The van der Waals surface area contributed by atoms with Crippen molar-refractivity contribution in [1.82, 2.24) is 10.1 Å². The van der Waals surface area contributed by atoms with Crippen LogP contribution in [0.4, 0.5) is 5.82 Å². The van der Waals surface area contributed by atoms with Gasteiger partial charge in [0.05, 0.1) is 6.54 Å². The summed E-state index contributed by atoms with van der Waals surface area (Å²) in [5, 5.41) is 6.17. The normalized spacial score (nSPS) is 10.3. The van der Waals surface area contributed by atoms with Gasteiger partial charge >= 0.3 is 0 Å². The molecule has 0 saturated carbocycles. The maximum atomic E-state index is 12.0. The predicted molar refractivity (Wildman–Crippen MR) is 76.1 cm³/mol. The fourth-order valence-corrected chi connectivity index (χ4v) is 1.87. The molecule has 0 spiro atoms. The Kier molecular flexibility index (Phi) is 7.39. The lowest BCUT2D eigenvalue weighted by atomic mass is 10.1. The zero-order valence-electron chi connectivity index (χ0n) is 12.2. The molecule has 0 bridgehead atoms. The highest BCUT2D eigenvalue weighted by Crippen LogP contribution is 2.06. The van der Waals surface area contributed by atoms with Gasteiger partial charge in [-0.15, -0.1) is 0 Å². The number of unbranched alkanes of at least 4 members (excludes halogenated alkanes) is 3. The number of rotatable bonds is 9. The minimum absolute atomic E-state index is 0.0268. The van der Waals surface area contributed by atoms with Crippen LogP contribution in [0, 0.1) is 0 Å². The van der Waals surface area contributed by atoms with Crippen LogP contribution in [0.1, 0.15) is 46.0 Å². The summed E-state index contributed by atoms with van der Waals surface area (Å²) in [7, 11) is 0. The van der Waals surface area contributed by atoms with Crippen molar-refractivity contribution in [1.29, 1.82) is 0 Å². The van der Waals surface area contributed by atoms with Crippen LogP contribution in [0.3, 0.4) is 0 Å². The third-order valence-corrected chi connectivity index (χ3v) is 3.02. The van der Waals surface area contributed by atoms with Gasteiger partial charge in [0.1, 0.15) is 6.26 Å². The molecule has 0 fully saturated rings. The molecule has 1 N–H and O–H groups in total. The fraction of sp³-hybridized carbons (Fsp3) is 0.643. The Morgan fingerprint density at radius 1 is 1.30 bits per heavy atom. The molecule has 0 aliphatic carbocycles. The minimum Gasteiger partial charge on any atom is -0.363 e. The lowest BCUT2D eigenvalue weighted by molar-refractivity contribution is -0.134. The Hall–Kier alpha value is -1.85. The Balaban J connectivity index is 2.33. The smallest absolute Gasteiger partial charge is 0.245 e. The number of nitrogens with zero attached hydrogens (tertiary/aromatic N) is 2. The summed E-state index contributed by atoms with van der Waals surface area (Å²) in [6.45, 7) is 4.58. The predicted octanol–water partition coefficient (Wildman–Crippen LogP) is 2.43. The van der Waals surface area contributed by atoms with Crippen LogP contribution in [0.5, 0.6) is 0 Å². The molecule has 1 rings (SSSR count). The lowest BCUT2D eigenvalue weighted by Gasteiger charge is -2.20. The van der Waals surface area contributed by atoms with Crippen molar-refractivity contribution >= 4 is 17.6 Å². The largest absolute Gasteiger partial charge is 0.363 e. The molecule has 6 heteroatoms. The fourth-order valence-electron chi connectivity index (χ4n) is 1.87. The molecular formula is C14H23N3O3. The molecule has 0 aliphatic rings. The molecule has 0 radical (unpaired) electrons. The second kappa shape index (κ2) is 9.12. The average Bonchev–Trinajstić information content (AvgIpc) is 2.93. The van der Waals surface area contributed by atoms with Crippen molar-refractivity contribution in [2.75, 3.05) is 18.4 Å². The van der Waals surface area contributed by atoms with E-state index in [-0.39, 0.29) is 18.4 Å². The van der Waals surface area contributed by atoms with Gasteiger partial charge in [0, 0.05) is 19.0 Å². The molecule has 0 aliphatic heterocycles. The maximum Gasteiger partial charge on any atom is 0.245 e. The second-order valence-electron chi connectivity index (χ2n) is 4.65. The van der Waals surface area contributed by atoms with E-state index in [2.05, 4.69) is 21.9 Å². The quantitative estimate of drug-likeness (QED) is 0.705. The lowest BCUT2D eigenvalue weighted by Crippen LogP contribution is -2.37. The molecule has 0 unspecified atom stereocenters. The molecule has 1 aromatic heterocycles. The van der Waals surface area contributed by atoms with Crippen LogP contribution in [0.25, 0.3) is 0 Å². The summed E-state index contributed by atoms with van der Waals surface area (Å²) in [6.07, 6.45) is 6.12. The van der Waals surface area contributed by atoms with Gasteiger partial charge in [-0.3, -0.25) is 9.59 Å². The van der Waals surface area contributed by atoms with E-state index in [1.807, 2.05) is 6.92 Å². The number of hydrogen-bond donors (Lipinski definition) is 1. The first-order chi connectivity index (χ1) is 9.67. The first kappa shape index (κ1) is 16.2. The molecule has 20 heavy (non-hydrogen) atoms. The molecule has 1 heterocycles. The number of anilines is 1. The molecule has 6 nitrogen and oxygen atoms in total. The van der Waals surface area contributed by atoms with E-state index in [9.17, 15) is 9.59 Å². The number of amides is 2. The van der Waals surface area contributed by atoms with Crippen LogP contribution in [0.2, 0.25) is 0 Å². The van der Waals surface area contributed by atoms with Gasteiger partial charge in [0.2, 0.25) is 11.8 Å². The Bertz CT molecular complexity index is 404. The van der Waals surface area contributed by atoms with Gasteiger partial charge in [-0.05, 0) is 13.3 Å². The van der Waals surface area contributed by atoms with Crippen LogP contribution >= 0.6 is 0 Å². The molecule has 0 aromatic carbocycles. The topological polar surface area (TPSA) is 75.4 Å². The van der Waals surface area contributed by atoms with Crippen molar-refractivity contribution in [3.05, 3.63) is 12.3 Å². The minimum atomic E-state index is -0.261. The van der Waals surface area contributed by atoms with E-state index in [1.54, 1.807) is 11.0 Å². The van der Waals surface area contributed by atoms with Crippen LogP contribution in [-0.2, 0) is 9.59 Å². The van der Waals surface area contributed by atoms with Gasteiger partial charge in [-0.2, -0.15) is 0 Å². The van der Waals surface area contributed by atoms with E-state index < -0.39 is 0 Å². The standard InChI is InChI=1S/C14H23N3O3/c1-3-5-6-7-8-14(19)17(4-2)11-13(18)15-12-9-10-20-16-12/h9-10H,3-8,11H2,1-2H3,(H,15,16,18). The summed E-state index contributed by atoms with van der Waals surface area (Å²) in [6, 6.07) is 1.56. The number of carbonyl (C=O) groups is 2. The Morgan fingerprint density at radius 2 is 2.10 bits per heavy atom. The summed E-state index contributed by atoms with van der Waals surface area (Å²) >= 11 is 0. The summed E-state index contributed by atoms with van der Waals surface area (Å²) in [4.78, 5) is 25.3. The zero-order chi connectivity index (χ0) is 14.8. The Morgan fingerprint density at radius 3 is 2.70 bits per heavy atom. The highest BCUT2D eigenvalue weighted by Gasteiger charge is 2.15. The average molecular weight is 281 g/mol. The highest BCUT2D eigenvalue weighted by atomic mass is 16.5. The monoisotopic (exact) mass is 281 g/mol. The molecule has 0 atom stereocenters. The van der Waals surface area contributed by atoms with Crippen LogP contribution in [-0.4, -0.2) is 35.0 Å². The van der Waals surface area contributed by atoms with Crippen molar-refractivity contribution in [2.45, 2.75) is 46.0 Å². The summed E-state index contributed by atoms with van der Waals surface area (Å²) in [5.41, 5.74) is 0. The van der Waals surface area contributed by atoms with Crippen molar-refractivity contribution in [2.24, 2.45) is 0 Å². The van der Waals surface area contributed by atoms with Crippen molar-refractivity contribution in [3.8, 4) is 0 Å². The van der Waals surface area contributed by atoms with Crippen LogP contribution in [0.15, 0.2) is 16.9 Å². The zero-order valence-corrected chi connectivity index (χ0v) is 12.2. The SMILES string of the molecule is CCCCCCC(=O)N(CC)CC(=O)Nc1ccon1. The van der Waals surface area contributed by atoms with Gasteiger partial charge in [-0.25, -0.2) is 0 Å². The first-order valence-corrected chi connectivity index (χ1v) is 7.15. The van der Waals surface area contributed by atoms with Gasteiger partial charge in [-0.1, -0.05) is 31.3 Å². The van der Waals surface area contributed by atoms with Crippen molar-refractivity contribution < 1.29 is 14.1 Å². The van der Waals surface area contributed by atoms with E-state index in [0.717, 1.165) is 25.7 Å². The summed E-state index contributed by atoms with van der Waals surface area (Å²) < 4.78 is 4.62. The number of hydrogen-bond acceptors (Lipinski definition) is 4. The van der Waals surface area contributed by atoms with Crippen molar-refractivity contribution in [3.63, 3.8) is 0 Å². The van der Waals surface area contributed by atoms with E-state index in [1.165, 1.54) is 6.26 Å². The van der Waals surface area contributed by atoms with E-state index in [0.29, 0.717) is 18.8 Å². The van der Waals surface area contributed by atoms with Crippen LogP contribution < -0.4 is 5.32 Å². The van der Waals surface area contributed by atoms with Gasteiger partial charge < -0.3 is 14.7 Å². The molecule has 2 amide bonds. The number of aromatic nitrogens is 1. The first-order valence-electron chi connectivity index (χ1n) is 7.15. The highest BCUT2D eigenvalue weighted by molar-refractivity contribution is 5.93. The maximum absolute atomic E-state index is 12.0. The number of nitrogens with one attached hydrogen (secondary N) is 1.